The first-order chi connectivity index (χ1) is 10.2. The molecule has 4 heteroatoms. The summed E-state index contributed by atoms with van der Waals surface area (Å²) in [5.41, 5.74) is 2.85. The highest BCUT2D eigenvalue weighted by molar-refractivity contribution is 9.10. The van der Waals surface area contributed by atoms with E-state index in [9.17, 15) is 5.11 Å². The smallest absolute Gasteiger partial charge is 0.124 e. The lowest BCUT2D eigenvalue weighted by molar-refractivity contribution is 0.474. The van der Waals surface area contributed by atoms with Crippen molar-refractivity contribution in [1.82, 2.24) is 0 Å². The molecular formula is C17H17BrN2O. The maximum absolute atomic E-state index is 9.78. The second kappa shape index (κ2) is 6.31. The van der Waals surface area contributed by atoms with Crippen molar-refractivity contribution < 1.29 is 5.11 Å². The van der Waals surface area contributed by atoms with E-state index in [-0.39, 0.29) is 5.75 Å². The van der Waals surface area contributed by atoms with Gasteiger partial charge in [0.05, 0.1) is 5.69 Å². The van der Waals surface area contributed by atoms with Gasteiger partial charge >= 0.3 is 0 Å². The SMILES string of the molecule is Oc1ccc(Br)cc1C=Nc1ccc(N2CCCC2)cc1. The molecule has 0 bridgehead atoms. The van der Waals surface area contributed by atoms with E-state index in [0.29, 0.717) is 5.56 Å². The standard InChI is InChI=1S/C17H17BrN2O/c18-14-3-8-17(21)13(11-14)12-19-15-4-6-16(7-5-15)20-9-1-2-10-20/h3-8,11-12,21H,1-2,9-10H2. The number of phenolic OH excluding ortho intramolecular Hbond substituents is 1. The minimum atomic E-state index is 0.232. The summed E-state index contributed by atoms with van der Waals surface area (Å²) in [6.07, 6.45) is 4.25. The Morgan fingerprint density at radius 3 is 2.48 bits per heavy atom. The lowest BCUT2D eigenvalue weighted by Gasteiger charge is -2.17. The maximum Gasteiger partial charge on any atom is 0.124 e. The number of aromatic hydroxyl groups is 1. The van der Waals surface area contributed by atoms with Crippen molar-refractivity contribution >= 4 is 33.5 Å². The zero-order valence-electron chi connectivity index (χ0n) is 11.7. The molecule has 1 N–H and O–H groups in total. The number of aliphatic imine (C=N–C) groups is 1. The topological polar surface area (TPSA) is 35.8 Å². The third kappa shape index (κ3) is 3.45. The van der Waals surface area contributed by atoms with Crippen LogP contribution >= 0.6 is 15.9 Å². The van der Waals surface area contributed by atoms with Gasteiger partial charge in [0.2, 0.25) is 0 Å². The van der Waals surface area contributed by atoms with Crippen molar-refractivity contribution in [3.63, 3.8) is 0 Å². The minimum Gasteiger partial charge on any atom is -0.507 e. The van der Waals surface area contributed by atoms with Crippen molar-refractivity contribution in [3.8, 4) is 5.75 Å². The first-order valence-corrected chi connectivity index (χ1v) is 7.89. The largest absolute Gasteiger partial charge is 0.507 e. The highest BCUT2D eigenvalue weighted by Crippen LogP contribution is 2.24. The lowest BCUT2D eigenvalue weighted by Crippen LogP contribution is -2.17. The molecule has 0 unspecified atom stereocenters. The fourth-order valence-electron chi connectivity index (χ4n) is 2.50. The molecule has 2 aromatic rings. The van der Waals surface area contributed by atoms with Gasteiger partial charge in [0.1, 0.15) is 5.75 Å². The molecule has 1 aliphatic rings. The van der Waals surface area contributed by atoms with E-state index in [0.717, 1.165) is 23.2 Å². The molecule has 0 amide bonds. The number of hydrogen-bond acceptors (Lipinski definition) is 3. The molecular weight excluding hydrogens is 328 g/mol. The van der Waals surface area contributed by atoms with E-state index >= 15 is 0 Å². The predicted molar refractivity (Wildman–Crippen MR) is 90.9 cm³/mol. The molecule has 0 spiro atoms. The van der Waals surface area contributed by atoms with Crippen molar-refractivity contribution in [2.45, 2.75) is 12.8 Å². The molecule has 0 radical (unpaired) electrons. The van der Waals surface area contributed by atoms with Gasteiger partial charge in [-0.25, -0.2) is 0 Å². The van der Waals surface area contributed by atoms with Crippen LogP contribution in [0.2, 0.25) is 0 Å². The molecule has 3 nitrogen and oxygen atoms in total. The third-order valence-corrected chi connectivity index (χ3v) is 4.16. The molecule has 1 saturated heterocycles. The molecule has 0 aromatic heterocycles. The Morgan fingerprint density at radius 1 is 1.05 bits per heavy atom. The van der Waals surface area contributed by atoms with E-state index in [1.54, 1.807) is 18.3 Å². The third-order valence-electron chi connectivity index (χ3n) is 3.66. The van der Waals surface area contributed by atoms with Crippen molar-refractivity contribution in [2.75, 3.05) is 18.0 Å². The first kappa shape index (κ1) is 14.1. The molecule has 108 valence electrons. The zero-order valence-corrected chi connectivity index (χ0v) is 13.3. The summed E-state index contributed by atoms with van der Waals surface area (Å²) < 4.78 is 0.922. The number of hydrogen-bond donors (Lipinski definition) is 1. The average Bonchev–Trinajstić information content (AvgIpc) is 3.03. The van der Waals surface area contributed by atoms with Gasteiger partial charge in [0.25, 0.3) is 0 Å². The highest BCUT2D eigenvalue weighted by Gasteiger charge is 2.11. The highest BCUT2D eigenvalue weighted by atomic mass is 79.9. The Balaban J connectivity index is 1.75. The van der Waals surface area contributed by atoms with Crippen molar-refractivity contribution in [2.24, 2.45) is 4.99 Å². The number of nitrogens with zero attached hydrogens (tertiary/aromatic N) is 2. The fourth-order valence-corrected chi connectivity index (χ4v) is 2.88. The maximum atomic E-state index is 9.78. The van der Waals surface area contributed by atoms with Gasteiger partial charge in [-0.05, 0) is 55.3 Å². The van der Waals surface area contributed by atoms with Crippen LogP contribution < -0.4 is 4.90 Å². The van der Waals surface area contributed by atoms with E-state index in [4.69, 9.17) is 0 Å². The van der Waals surface area contributed by atoms with Gasteiger partial charge in [0.15, 0.2) is 0 Å². The molecule has 0 saturated carbocycles. The van der Waals surface area contributed by atoms with Gasteiger partial charge in [-0.2, -0.15) is 0 Å². The Morgan fingerprint density at radius 2 is 1.76 bits per heavy atom. The minimum absolute atomic E-state index is 0.232. The van der Waals surface area contributed by atoms with Crippen LogP contribution in [0.15, 0.2) is 51.9 Å². The van der Waals surface area contributed by atoms with Crippen LogP contribution in [0.1, 0.15) is 18.4 Å². The molecule has 21 heavy (non-hydrogen) atoms. The van der Waals surface area contributed by atoms with Crippen LogP contribution in [0.4, 0.5) is 11.4 Å². The average molecular weight is 345 g/mol. The van der Waals surface area contributed by atoms with Crippen LogP contribution in [-0.4, -0.2) is 24.4 Å². The van der Waals surface area contributed by atoms with E-state index in [2.05, 4.69) is 38.0 Å². The van der Waals surface area contributed by atoms with Gasteiger partial charge in [-0.15, -0.1) is 0 Å². The van der Waals surface area contributed by atoms with Crippen LogP contribution in [0.5, 0.6) is 5.75 Å². The lowest BCUT2D eigenvalue weighted by atomic mass is 10.2. The van der Waals surface area contributed by atoms with Gasteiger partial charge in [-0.1, -0.05) is 15.9 Å². The summed E-state index contributed by atoms with van der Waals surface area (Å²) in [5.74, 6) is 0.232. The number of rotatable bonds is 3. The zero-order chi connectivity index (χ0) is 14.7. The summed E-state index contributed by atoms with van der Waals surface area (Å²) in [6.45, 7) is 2.29. The van der Waals surface area contributed by atoms with Crippen molar-refractivity contribution in [1.29, 1.82) is 0 Å². The predicted octanol–water partition coefficient (Wildman–Crippen LogP) is 4.51. The Bertz CT molecular complexity index is 646. The van der Waals surface area contributed by atoms with Crippen LogP contribution in [0, 0.1) is 0 Å². The number of phenols is 1. The second-order valence-corrected chi connectivity index (χ2v) is 6.09. The van der Waals surface area contributed by atoms with E-state index in [1.807, 2.05) is 18.2 Å². The molecule has 0 aliphatic carbocycles. The normalized spacial score (nSPS) is 15.0. The summed E-state index contributed by atoms with van der Waals surface area (Å²) >= 11 is 3.39. The molecule has 1 fully saturated rings. The Labute approximate surface area is 133 Å². The fraction of sp³-hybridized carbons (Fsp3) is 0.235. The molecule has 3 rings (SSSR count). The summed E-state index contributed by atoms with van der Waals surface area (Å²) in [4.78, 5) is 6.82. The number of anilines is 1. The summed E-state index contributed by atoms with van der Waals surface area (Å²) in [7, 11) is 0. The van der Waals surface area contributed by atoms with E-state index in [1.165, 1.54) is 18.5 Å². The monoisotopic (exact) mass is 344 g/mol. The Kier molecular flexibility index (Phi) is 4.25. The quantitative estimate of drug-likeness (QED) is 0.831. The van der Waals surface area contributed by atoms with Crippen molar-refractivity contribution in [3.05, 3.63) is 52.5 Å². The van der Waals surface area contributed by atoms with Crippen LogP contribution in [-0.2, 0) is 0 Å². The van der Waals surface area contributed by atoms with Gasteiger partial charge in [-0.3, -0.25) is 4.99 Å². The second-order valence-electron chi connectivity index (χ2n) is 5.17. The molecule has 1 aliphatic heterocycles. The molecule has 1 heterocycles. The molecule has 2 aromatic carbocycles. The Hall–Kier alpha value is -1.81. The first-order valence-electron chi connectivity index (χ1n) is 7.10. The molecule has 0 atom stereocenters. The van der Waals surface area contributed by atoms with Crippen LogP contribution in [0.25, 0.3) is 0 Å². The summed E-state index contributed by atoms with van der Waals surface area (Å²) in [5, 5.41) is 9.78. The summed E-state index contributed by atoms with van der Waals surface area (Å²) in [6, 6.07) is 13.5. The van der Waals surface area contributed by atoms with Gasteiger partial charge in [0, 0.05) is 35.0 Å². The number of halogens is 1. The van der Waals surface area contributed by atoms with Gasteiger partial charge < -0.3 is 10.0 Å². The van der Waals surface area contributed by atoms with E-state index < -0.39 is 0 Å². The van der Waals surface area contributed by atoms with Crippen LogP contribution in [0.3, 0.4) is 0 Å². The number of benzene rings is 2.